The van der Waals surface area contributed by atoms with E-state index in [1.807, 2.05) is 6.26 Å². The van der Waals surface area contributed by atoms with Crippen LogP contribution in [0.15, 0.2) is 12.4 Å². The maximum absolute atomic E-state index is 13.3. The molecule has 0 aromatic carbocycles. The number of alkyl halides is 3. The van der Waals surface area contributed by atoms with Crippen LogP contribution in [-0.4, -0.2) is 44.6 Å². The summed E-state index contributed by atoms with van der Waals surface area (Å²) in [6.45, 7) is 1.83. The number of hydrogen-bond donors (Lipinski definition) is 1. The number of thiazole rings is 1. The van der Waals surface area contributed by atoms with E-state index in [0.717, 1.165) is 43.5 Å². The zero-order chi connectivity index (χ0) is 18.0. The molecule has 2 aromatic heterocycles. The molecule has 1 aliphatic heterocycles. The molecule has 5 nitrogen and oxygen atoms in total. The highest BCUT2D eigenvalue weighted by Crippen LogP contribution is 2.38. The molecule has 1 fully saturated rings. The average molecular weight is 410 g/mol. The number of hydrogen-bond acceptors (Lipinski definition) is 7. The van der Waals surface area contributed by atoms with Crippen molar-refractivity contribution in [3.63, 3.8) is 0 Å². The lowest BCUT2D eigenvalue weighted by Crippen LogP contribution is -2.35. The van der Waals surface area contributed by atoms with Crippen molar-refractivity contribution >= 4 is 40.8 Å². The maximum atomic E-state index is 13.3. The second kappa shape index (κ2) is 7.65. The van der Waals surface area contributed by atoms with Crippen LogP contribution >= 0.6 is 34.9 Å². The first kappa shape index (κ1) is 18.7. The molecule has 136 valence electrons. The van der Waals surface area contributed by atoms with Crippen LogP contribution in [0.1, 0.15) is 18.4 Å². The van der Waals surface area contributed by atoms with Crippen LogP contribution in [0.4, 0.5) is 19.1 Å². The zero-order valence-corrected chi connectivity index (χ0v) is 15.6. The molecular weight excluding hydrogens is 395 g/mol. The molecule has 1 N–H and O–H groups in total. The molecule has 0 bridgehead atoms. The predicted octanol–water partition coefficient (Wildman–Crippen LogP) is 4.43. The standard InChI is InChI=1S/C14H15ClF3N5S2/c1-24-23-4-2-8(3-5-23)21-13-20-6-9(14(16,17)18)11(22-13)10-7-19-12(15)25-10/h6-8H,2-5H2,1H3,(H,20,21,22). The fourth-order valence-corrected chi connectivity index (χ4v) is 4.09. The van der Waals surface area contributed by atoms with Gasteiger partial charge >= 0.3 is 6.18 Å². The summed E-state index contributed by atoms with van der Waals surface area (Å²) in [6.07, 6.45) is 1.35. The Morgan fingerprint density at radius 3 is 2.56 bits per heavy atom. The Morgan fingerprint density at radius 2 is 2.00 bits per heavy atom. The topological polar surface area (TPSA) is 53.9 Å². The highest BCUT2D eigenvalue weighted by atomic mass is 35.5. The van der Waals surface area contributed by atoms with Gasteiger partial charge in [-0.25, -0.2) is 15.0 Å². The van der Waals surface area contributed by atoms with E-state index < -0.39 is 11.7 Å². The van der Waals surface area contributed by atoms with Gasteiger partial charge in [0.1, 0.15) is 5.56 Å². The second-order valence-corrected chi connectivity index (χ2v) is 7.96. The fourth-order valence-electron chi connectivity index (χ4n) is 2.57. The summed E-state index contributed by atoms with van der Waals surface area (Å²) < 4.78 is 42.2. The van der Waals surface area contributed by atoms with Gasteiger partial charge in [-0.15, -0.1) is 11.3 Å². The van der Waals surface area contributed by atoms with Gasteiger partial charge in [-0.05, 0) is 19.1 Å². The third-order valence-electron chi connectivity index (χ3n) is 3.85. The minimum Gasteiger partial charge on any atom is -0.351 e. The molecule has 3 heterocycles. The van der Waals surface area contributed by atoms with Crippen LogP contribution in [0.25, 0.3) is 10.6 Å². The van der Waals surface area contributed by atoms with Gasteiger partial charge in [-0.2, -0.15) is 13.2 Å². The monoisotopic (exact) mass is 409 g/mol. The second-order valence-electron chi connectivity index (χ2n) is 5.46. The van der Waals surface area contributed by atoms with Gasteiger partial charge in [0, 0.05) is 31.5 Å². The SMILES string of the molecule is CSN1CCC(Nc2ncc(C(F)(F)F)c(-c3cnc(Cl)s3)n2)CC1. The van der Waals surface area contributed by atoms with Crippen LogP contribution in [0, 0.1) is 0 Å². The summed E-state index contributed by atoms with van der Waals surface area (Å²) in [6, 6.07) is 0.137. The molecule has 0 amide bonds. The molecule has 0 unspecified atom stereocenters. The van der Waals surface area contributed by atoms with Gasteiger partial charge in [0.15, 0.2) is 4.47 Å². The van der Waals surface area contributed by atoms with Gasteiger partial charge in [0.05, 0.1) is 10.6 Å². The van der Waals surface area contributed by atoms with Crippen molar-refractivity contribution in [2.75, 3.05) is 24.7 Å². The number of nitrogens with zero attached hydrogens (tertiary/aromatic N) is 4. The smallest absolute Gasteiger partial charge is 0.351 e. The Bertz CT molecular complexity index is 731. The fraction of sp³-hybridized carbons (Fsp3) is 0.500. The minimum absolute atomic E-state index is 0.137. The summed E-state index contributed by atoms with van der Waals surface area (Å²) in [5.74, 6) is 0.190. The van der Waals surface area contributed by atoms with Crippen molar-refractivity contribution in [3.05, 3.63) is 22.4 Å². The van der Waals surface area contributed by atoms with E-state index >= 15 is 0 Å². The Balaban J connectivity index is 1.84. The molecule has 3 rings (SSSR count). The molecule has 0 saturated carbocycles. The Labute approximate surface area is 156 Å². The molecule has 11 heteroatoms. The Hall–Kier alpha value is -1.10. The summed E-state index contributed by atoms with van der Waals surface area (Å²) in [7, 11) is 0. The van der Waals surface area contributed by atoms with E-state index in [0.29, 0.717) is 0 Å². The molecule has 0 atom stereocenters. The molecule has 1 saturated heterocycles. The largest absolute Gasteiger partial charge is 0.420 e. The quantitative estimate of drug-likeness (QED) is 0.754. The van der Waals surface area contributed by atoms with E-state index in [4.69, 9.17) is 11.6 Å². The number of aromatic nitrogens is 3. The maximum Gasteiger partial charge on any atom is 0.420 e. The van der Waals surface area contributed by atoms with E-state index in [2.05, 4.69) is 24.6 Å². The number of rotatable bonds is 4. The summed E-state index contributed by atoms with van der Waals surface area (Å²) in [5.41, 5.74) is -1.09. The zero-order valence-electron chi connectivity index (χ0n) is 13.2. The lowest BCUT2D eigenvalue weighted by atomic mass is 10.1. The van der Waals surface area contributed by atoms with Crippen molar-refractivity contribution in [1.29, 1.82) is 0 Å². The van der Waals surface area contributed by atoms with E-state index in [1.165, 1.54) is 6.20 Å². The van der Waals surface area contributed by atoms with E-state index in [1.54, 1.807) is 11.9 Å². The van der Waals surface area contributed by atoms with Crippen molar-refractivity contribution in [2.24, 2.45) is 0 Å². The highest BCUT2D eigenvalue weighted by Gasteiger charge is 2.36. The average Bonchev–Trinajstić information content (AvgIpc) is 3.01. The predicted molar refractivity (Wildman–Crippen MR) is 94.9 cm³/mol. The van der Waals surface area contributed by atoms with Crippen molar-refractivity contribution in [1.82, 2.24) is 19.3 Å². The molecular formula is C14H15ClF3N5S2. The molecule has 2 aromatic rings. The Morgan fingerprint density at radius 1 is 1.28 bits per heavy atom. The highest BCUT2D eigenvalue weighted by molar-refractivity contribution is 7.96. The van der Waals surface area contributed by atoms with Crippen LogP contribution in [0.3, 0.4) is 0 Å². The number of anilines is 1. The normalized spacial score (nSPS) is 17.0. The molecule has 0 radical (unpaired) electrons. The molecule has 1 aliphatic rings. The summed E-state index contributed by atoms with van der Waals surface area (Å²) in [5, 5.41) is 3.15. The van der Waals surface area contributed by atoms with Crippen molar-refractivity contribution < 1.29 is 13.2 Å². The van der Waals surface area contributed by atoms with Gasteiger partial charge in [0.2, 0.25) is 5.95 Å². The van der Waals surface area contributed by atoms with Crippen LogP contribution in [-0.2, 0) is 6.18 Å². The number of piperidine rings is 1. The first-order chi connectivity index (χ1) is 11.9. The molecule has 0 aliphatic carbocycles. The summed E-state index contributed by atoms with van der Waals surface area (Å²) >= 11 is 8.41. The lowest BCUT2D eigenvalue weighted by Gasteiger charge is -2.30. The third-order valence-corrected chi connectivity index (χ3v) is 5.85. The van der Waals surface area contributed by atoms with Crippen LogP contribution in [0.2, 0.25) is 4.47 Å². The Kier molecular flexibility index (Phi) is 5.71. The lowest BCUT2D eigenvalue weighted by molar-refractivity contribution is -0.137. The number of nitrogens with one attached hydrogen (secondary N) is 1. The summed E-state index contributed by atoms with van der Waals surface area (Å²) in [4.78, 5) is 12.0. The minimum atomic E-state index is -4.55. The number of halogens is 4. The van der Waals surface area contributed by atoms with Crippen LogP contribution < -0.4 is 5.32 Å². The van der Waals surface area contributed by atoms with E-state index in [-0.39, 0.29) is 27.0 Å². The molecule has 25 heavy (non-hydrogen) atoms. The van der Waals surface area contributed by atoms with E-state index in [9.17, 15) is 13.2 Å². The van der Waals surface area contributed by atoms with Gasteiger partial charge in [-0.3, -0.25) is 4.31 Å². The van der Waals surface area contributed by atoms with Gasteiger partial charge < -0.3 is 5.32 Å². The first-order valence-corrected chi connectivity index (χ1v) is 9.86. The molecule has 0 spiro atoms. The third kappa shape index (κ3) is 4.55. The van der Waals surface area contributed by atoms with Crippen LogP contribution in [0.5, 0.6) is 0 Å². The van der Waals surface area contributed by atoms with Crippen molar-refractivity contribution in [3.8, 4) is 10.6 Å². The first-order valence-electron chi connectivity index (χ1n) is 7.48. The van der Waals surface area contributed by atoms with Gasteiger partial charge in [-0.1, -0.05) is 23.5 Å². The van der Waals surface area contributed by atoms with Gasteiger partial charge in [0.25, 0.3) is 0 Å². The van der Waals surface area contributed by atoms with Crippen molar-refractivity contribution in [2.45, 2.75) is 25.1 Å².